The van der Waals surface area contributed by atoms with Crippen molar-refractivity contribution in [2.24, 2.45) is 0 Å². The third-order valence-electron chi connectivity index (χ3n) is 2.66. The lowest BCUT2D eigenvalue weighted by atomic mass is 10.1. The minimum Gasteiger partial charge on any atom is -0.496 e. The Morgan fingerprint density at radius 1 is 0.944 bits per heavy atom. The Morgan fingerprint density at radius 2 is 1.44 bits per heavy atom. The van der Waals surface area contributed by atoms with Crippen LogP contribution in [-0.4, -0.2) is 27.1 Å². The number of carbonyl (C=O) groups is 1. The number of hydrogen-bond acceptors (Lipinski definition) is 4. The van der Waals surface area contributed by atoms with Crippen molar-refractivity contribution in [3.63, 3.8) is 0 Å². The van der Waals surface area contributed by atoms with Crippen molar-refractivity contribution in [3.05, 3.63) is 23.3 Å². The Bertz CT molecular complexity index is 475. The predicted octanol–water partition coefficient (Wildman–Crippen LogP) is 2.70. The fraction of sp³-hybridized carbons (Fsp3) is 0.357. The highest BCUT2D eigenvalue weighted by Crippen LogP contribution is 2.35. The van der Waals surface area contributed by atoms with Crippen LogP contribution in [0.1, 0.15) is 19.4 Å². The number of ether oxygens (including phenoxy) is 3. The first-order chi connectivity index (χ1) is 8.53. The van der Waals surface area contributed by atoms with Gasteiger partial charge in [0.2, 0.25) is 0 Å². The first-order valence-corrected chi connectivity index (χ1v) is 5.52. The molecule has 0 aliphatic carbocycles. The molecule has 18 heavy (non-hydrogen) atoms. The molecule has 0 aliphatic heterocycles. The SMILES string of the molecule is COc1cc(OC)c(OC)cc1/C=C(/C)C(C)=O. The van der Waals surface area contributed by atoms with Gasteiger partial charge in [0.1, 0.15) is 5.75 Å². The average Bonchev–Trinajstić information content (AvgIpc) is 2.37. The topological polar surface area (TPSA) is 44.8 Å². The molecule has 0 saturated heterocycles. The molecule has 0 bridgehead atoms. The number of ketones is 1. The smallest absolute Gasteiger partial charge is 0.164 e. The van der Waals surface area contributed by atoms with Crippen molar-refractivity contribution in [3.8, 4) is 17.2 Å². The summed E-state index contributed by atoms with van der Waals surface area (Å²) >= 11 is 0. The molecule has 0 aliphatic rings. The van der Waals surface area contributed by atoms with E-state index in [-0.39, 0.29) is 5.78 Å². The highest BCUT2D eigenvalue weighted by atomic mass is 16.5. The Hall–Kier alpha value is -1.97. The maximum Gasteiger partial charge on any atom is 0.164 e. The number of carbonyl (C=O) groups excluding carboxylic acids is 1. The molecule has 0 saturated carbocycles. The fourth-order valence-corrected chi connectivity index (χ4v) is 1.50. The zero-order valence-corrected chi connectivity index (χ0v) is 11.4. The molecule has 0 N–H and O–H groups in total. The molecule has 0 amide bonds. The van der Waals surface area contributed by atoms with E-state index in [2.05, 4.69) is 0 Å². The summed E-state index contributed by atoms with van der Waals surface area (Å²) in [6, 6.07) is 3.52. The first-order valence-electron chi connectivity index (χ1n) is 5.52. The monoisotopic (exact) mass is 250 g/mol. The van der Waals surface area contributed by atoms with Gasteiger partial charge in [0.05, 0.1) is 21.3 Å². The van der Waals surface area contributed by atoms with Gasteiger partial charge in [-0.2, -0.15) is 0 Å². The molecule has 0 unspecified atom stereocenters. The van der Waals surface area contributed by atoms with Gasteiger partial charge < -0.3 is 14.2 Å². The van der Waals surface area contributed by atoms with Gasteiger partial charge in [0.15, 0.2) is 17.3 Å². The van der Waals surface area contributed by atoms with Crippen LogP contribution in [-0.2, 0) is 4.79 Å². The van der Waals surface area contributed by atoms with E-state index in [1.807, 2.05) is 0 Å². The highest BCUT2D eigenvalue weighted by Gasteiger charge is 2.11. The molecular weight excluding hydrogens is 232 g/mol. The quantitative estimate of drug-likeness (QED) is 0.754. The number of hydrogen-bond donors (Lipinski definition) is 0. The minimum absolute atomic E-state index is 0.0202. The van der Waals surface area contributed by atoms with Gasteiger partial charge >= 0.3 is 0 Å². The number of allylic oxidation sites excluding steroid dienone is 1. The normalized spacial score (nSPS) is 11.1. The van der Waals surface area contributed by atoms with Gasteiger partial charge in [0.25, 0.3) is 0 Å². The number of Topliss-reactive ketones (excluding diaryl/α,β-unsaturated/α-hetero) is 1. The summed E-state index contributed by atoms with van der Waals surface area (Å²) in [5.41, 5.74) is 1.43. The lowest BCUT2D eigenvalue weighted by Crippen LogP contribution is -1.96. The summed E-state index contributed by atoms with van der Waals surface area (Å²) in [5.74, 6) is 1.84. The van der Waals surface area contributed by atoms with E-state index in [1.54, 1.807) is 46.5 Å². The van der Waals surface area contributed by atoms with Crippen LogP contribution in [0.3, 0.4) is 0 Å². The second-order valence-electron chi connectivity index (χ2n) is 3.83. The van der Waals surface area contributed by atoms with Gasteiger partial charge in [-0.15, -0.1) is 0 Å². The number of methoxy groups -OCH3 is 3. The molecule has 1 aromatic carbocycles. The van der Waals surface area contributed by atoms with Crippen LogP contribution in [0.5, 0.6) is 17.2 Å². The Labute approximate surface area is 107 Å². The standard InChI is InChI=1S/C14H18O4/c1-9(10(2)15)6-11-7-13(17-4)14(18-5)8-12(11)16-3/h6-8H,1-5H3/b9-6-. The van der Waals surface area contributed by atoms with E-state index in [0.717, 1.165) is 5.56 Å². The van der Waals surface area contributed by atoms with Crippen molar-refractivity contribution >= 4 is 11.9 Å². The van der Waals surface area contributed by atoms with Crippen molar-refractivity contribution in [2.75, 3.05) is 21.3 Å². The van der Waals surface area contributed by atoms with E-state index < -0.39 is 0 Å². The van der Waals surface area contributed by atoms with Gasteiger partial charge in [0, 0.05) is 11.6 Å². The number of rotatable bonds is 5. The molecular formula is C14H18O4. The molecule has 4 heteroatoms. The van der Waals surface area contributed by atoms with Crippen molar-refractivity contribution in [2.45, 2.75) is 13.8 Å². The lowest BCUT2D eigenvalue weighted by Gasteiger charge is -2.12. The minimum atomic E-state index is 0.0202. The van der Waals surface area contributed by atoms with Crippen molar-refractivity contribution < 1.29 is 19.0 Å². The summed E-state index contributed by atoms with van der Waals surface area (Å²) in [6.45, 7) is 3.29. The van der Waals surface area contributed by atoms with E-state index in [4.69, 9.17) is 14.2 Å². The van der Waals surface area contributed by atoms with E-state index in [9.17, 15) is 4.79 Å². The maximum atomic E-state index is 11.3. The predicted molar refractivity (Wildman–Crippen MR) is 70.4 cm³/mol. The lowest BCUT2D eigenvalue weighted by molar-refractivity contribution is -0.113. The average molecular weight is 250 g/mol. The van der Waals surface area contributed by atoms with Crippen LogP contribution in [0, 0.1) is 0 Å². The van der Waals surface area contributed by atoms with Crippen molar-refractivity contribution in [1.82, 2.24) is 0 Å². The summed E-state index contributed by atoms with van der Waals surface area (Å²) in [7, 11) is 4.70. The van der Waals surface area contributed by atoms with Crippen LogP contribution in [0.25, 0.3) is 6.08 Å². The van der Waals surface area contributed by atoms with E-state index in [1.165, 1.54) is 6.92 Å². The third-order valence-corrected chi connectivity index (χ3v) is 2.66. The zero-order chi connectivity index (χ0) is 13.7. The molecule has 0 aromatic heterocycles. The molecule has 98 valence electrons. The highest BCUT2D eigenvalue weighted by molar-refractivity contribution is 5.97. The Kier molecular flexibility index (Phi) is 4.77. The molecule has 0 fully saturated rings. The van der Waals surface area contributed by atoms with Crippen LogP contribution >= 0.6 is 0 Å². The van der Waals surface area contributed by atoms with Crippen LogP contribution < -0.4 is 14.2 Å². The molecule has 0 atom stereocenters. The first kappa shape index (κ1) is 14.1. The molecule has 0 heterocycles. The Balaban J connectivity index is 3.34. The second kappa shape index (κ2) is 6.10. The molecule has 0 spiro atoms. The molecule has 1 rings (SSSR count). The molecule has 4 nitrogen and oxygen atoms in total. The molecule has 1 aromatic rings. The molecule has 0 radical (unpaired) electrons. The summed E-state index contributed by atoms with van der Waals surface area (Å²) in [5, 5.41) is 0. The number of benzene rings is 1. The van der Waals surface area contributed by atoms with Gasteiger partial charge in [-0.3, -0.25) is 4.79 Å². The summed E-state index contributed by atoms with van der Waals surface area (Å²) < 4.78 is 15.7. The third kappa shape index (κ3) is 3.03. The van der Waals surface area contributed by atoms with Crippen molar-refractivity contribution in [1.29, 1.82) is 0 Å². The summed E-state index contributed by atoms with van der Waals surface area (Å²) in [6.07, 6.45) is 1.77. The van der Waals surface area contributed by atoms with Gasteiger partial charge in [-0.05, 0) is 31.6 Å². The Morgan fingerprint density at radius 3 is 1.89 bits per heavy atom. The summed E-state index contributed by atoms with van der Waals surface area (Å²) in [4.78, 5) is 11.3. The van der Waals surface area contributed by atoms with Crippen LogP contribution in [0.4, 0.5) is 0 Å². The largest absolute Gasteiger partial charge is 0.496 e. The van der Waals surface area contributed by atoms with E-state index in [0.29, 0.717) is 22.8 Å². The zero-order valence-electron chi connectivity index (χ0n) is 11.4. The second-order valence-corrected chi connectivity index (χ2v) is 3.83. The van der Waals surface area contributed by atoms with Crippen LogP contribution in [0.15, 0.2) is 17.7 Å². The fourth-order valence-electron chi connectivity index (χ4n) is 1.50. The maximum absolute atomic E-state index is 11.3. The van der Waals surface area contributed by atoms with Gasteiger partial charge in [-0.1, -0.05) is 0 Å². The van der Waals surface area contributed by atoms with Gasteiger partial charge in [-0.25, -0.2) is 0 Å². The van der Waals surface area contributed by atoms with E-state index >= 15 is 0 Å². The van der Waals surface area contributed by atoms with Crippen LogP contribution in [0.2, 0.25) is 0 Å².